The summed E-state index contributed by atoms with van der Waals surface area (Å²) in [6.45, 7) is -0.767. The molecular weight excluding hydrogens is 177 g/mol. The first-order valence-corrected chi connectivity index (χ1v) is 3.95. The van der Waals surface area contributed by atoms with Crippen molar-refractivity contribution in [1.82, 2.24) is 14.8 Å². The van der Waals surface area contributed by atoms with E-state index in [2.05, 4.69) is 10.2 Å². The van der Waals surface area contributed by atoms with Gasteiger partial charge < -0.3 is 5.11 Å². The molecular formula is C7H8FN3O2. The number of aryl methyl sites for hydroxylation is 1. The number of aliphatic carboxylic acids is 1. The topological polar surface area (TPSA) is 68.0 Å². The molecule has 0 amide bonds. The highest BCUT2D eigenvalue weighted by Crippen LogP contribution is 2.26. The Hall–Kier alpha value is -1.46. The Bertz CT molecular complexity index is 350. The third-order valence-electron chi connectivity index (χ3n) is 2.19. The zero-order valence-corrected chi connectivity index (χ0v) is 6.77. The van der Waals surface area contributed by atoms with Crippen LogP contribution >= 0.6 is 0 Å². The molecule has 1 aliphatic heterocycles. The van der Waals surface area contributed by atoms with Crippen LogP contribution in [0, 0.1) is 0 Å². The molecule has 5 nitrogen and oxygen atoms in total. The van der Waals surface area contributed by atoms with Crippen molar-refractivity contribution in [2.24, 2.45) is 0 Å². The van der Waals surface area contributed by atoms with E-state index in [0.717, 1.165) is 0 Å². The Morgan fingerprint density at radius 1 is 1.69 bits per heavy atom. The van der Waals surface area contributed by atoms with Crippen molar-refractivity contribution in [1.29, 1.82) is 0 Å². The predicted molar refractivity (Wildman–Crippen MR) is 39.8 cm³/mol. The summed E-state index contributed by atoms with van der Waals surface area (Å²) in [5.74, 6) is -0.270. The van der Waals surface area contributed by atoms with E-state index in [0.29, 0.717) is 18.7 Å². The summed E-state index contributed by atoms with van der Waals surface area (Å²) >= 11 is 0. The number of hydrogen-bond donors (Lipinski definition) is 1. The van der Waals surface area contributed by atoms with E-state index in [4.69, 9.17) is 5.11 Å². The quantitative estimate of drug-likeness (QED) is 0.720. The standard InChI is InChI=1S/C7H8FN3O2/c8-3-6-10-9-5-2-1-4(7(12)13)11(5)6/h4H,1-3H2,(H,12,13). The Balaban J connectivity index is 2.43. The van der Waals surface area contributed by atoms with Crippen LogP contribution in [-0.4, -0.2) is 25.8 Å². The molecule has 1 unspecified atom stereocenters. The molecule has 1 aliphatic rings. The molecule has 6 heteroatoms. The van der Waals surface area contributed by atoms with Crippen LogP contribution in [0.2, 0.25) is 0 Å². The minimum Gasteiger partial charge on any atom is -0.480 e. The van der Waals surface area contributed by atoms with Crippen LogP contribution in [-0.2, 0) is 17.9 Å². The van der Waals surface area contributed by atoms with E-state index in [1.807, 2.05) is 0 Å². The third-order valence-corrected chi connectivity index (χ3v) is 2.19. The van der Waals surface area contributed by atoms with Crippen molar-refractivity contribution in [3.63, 3.8) is 0 Å². The highest BCUT2D eigenvalue weighted by Gasteiger charge is 2.31. The lowest BCUT2D eigenvalue weighted by Crippen LogP contribution is -2.17. The van der Waals surface area contributed by atoms with Gasteiger partial charge in [-0.25, -0.2) is 9.18 Å². The molecule has 13 heavy (non-hydrogen) atoms. The van der Waals surface area contributed by atoms with Crippen LogP contribution in [0.4, 0.5) is 4.39 Å². The van der Waals surface area contributed by atoms with Gasteiger partial charge in [0.25, 0.3) is 0 Å². The van der Waals surface area contributed by atoms with Crippen molar-refractivity contribution >= 4 is 5.97 Å². The second kappa shape index (κ2) is 2.79. The molecule has 0 radical (unpaired) electrons. The Morgan fingerprint density at radius 3 is 3.08 bits per heavy atom. The zero-order chi connectivity index (χ0) is 9.42. The lowest BCUT2D eigenvalue weighted by atomic mass is 10.2. The molecule has 70 valence electrons. The van der Waals surface area contributed by atoms with Gasteiger partial charge in [0.2, 0.25) is 0 Å². The monoisotopic (exact) mass is 185 g/mol. The molecule has 0 spiro atoms. The number of rotatable bonds is 2. The van der Waals surface area contributed by atoms with Crippen molar-refractivity contribution in [3.05, 3.63) is 11.6 Å². The maximum absolute atomic E-state index is 12.3. The largest absolute Gasteiger partial charge is 0.480 e. The van der Waals surface area contributed by atoms with Gasteiger partial charge in [-0.05, 0) is 6.42 Å². The van der Waals surface area contributed by atoms with Crippen molar-refractivity contribution < 1.29 is 14.3 Å². The first kappa shape index (κ1) is 8.15. The predicted octanol–water partition coefficient (Wildman–Crippen LogP) is 0.320. The number of aromatic nitrogens is 3. The van der Waals surface area contributed by atoms with E-state index in [1.165, 1.54) is 4.57 Å². The summed E-state index contributed by atoms with van der Waals surface area (Å²) in [7, 11) is 0. The molecule has 2 rings (SSSR count). The number of nitrogens with zero attached hydrogens (tertiary/aromatic N) is 3. The van der Waals surface area contributed by atoms with Crippen molar-refractivity contribution in [2.45, 2.75) is 25.6 Å². The highest BCUT2D eigenvalue weighted by molar-refractivity contribution is 5.72. The van der Waals surface area contributed by atoms with Crippen molar-refractivity contribution in [2.75, 3.05) is 0 Å². The summed E-state index contributed by atoms with van der Waals surface area (Å²) in [6, 6.07) is -0.684. The van der Waals surface area contributed by atoms with Crippen LogP contribution < -0.4 is 0 Å². The molecule has 0 fully saturated rings. The lowest BCUT2D eigenvalue weighted by molar-refractivity contribution is -0.140. The average Bonchev–Trinajstić information content (AvgIpc) is 2.61. The average molecular weight is 185 g/mol. The fraction of sp³-hybridized carbons (Fsp3) is 0.571. The van der Waals surface area contributed by atoms with Crippen molar-refractivity contribution in [3.8, 4) is 0 Å². The number of carboxylic acids is 1. The summed E-state index contributed by atoms with van der Waals surface area (Å²) < 4.78 is 13.7. The van der Waals surface area contributed by atoms with Gasteiger partial charge in [0.15, 0.2) is 5.82 Å². The van der Waals surface area contributed by atoms with E-state index in [-0.39, 0.29) is 5.82 Å². The highest BCUT2D eigenvalue weighted by atomic mass is 19.1. The first-order valence-electron chi connectivity index (χ1n) is 3.95. The van der Waals surface area contributed by atoms with Gasteiger partial charge >= 0.3 is 5.97 Å². The molecule has 1 aromatic rings. The summed E-state index contributed by atoms with van der Waals surface area (Å²) in [6.07, 6.45) is 1.04. The van der Waals surface area contributed by atoms with Crippen LogP contribution in [0.3, 0.4) is 0 Å². The third kappa shape index (κ3) is 1.09. The molecule has 0 saturated heterocycles. The zero-order valence-electron chi connectivity index (χ0n) is 6.77. The fourth-order valence-corrected chi connectivity index (χ4v) is 1.61. The van der Waals surface area contributed by atoms with Gasteiger partial charge in [0.05, 0.1) is 0 Å². The molecule has 0 saturated carbocycles. The number of alkyl halides is 1. The molecule has 1 aromatic heterocycles. The molecule has 1 atom stereocenters. The van der Waals surface area contributed by atoms with Gasteiger partial charge in [0, 0.05) is 6.42 Å². The maximum atomic E-state index is 12.3. The lowest BCUT2D eigenvalue weighted by Gasteiger charge is -2.07. The SMILES string of the molecule is O=C(O)C1CCc2nnc(CF)n21. The molecule has 2 heterocycles. The van der Waals surface area contributed by atoms with Gasteiger partial charge in [0.1, 0.15) is 18.5 Å². The number of carbonyl (C=O) groups is 1. The van der Waals surface area contributed by atoms with Gasteiger partial charge in [-0.2, -0.15) is 0 Å². The molecule has 1 N–H and O–H groups in total. The smallest absolute Gasteiger partial charge is 0.326 e. The van der Waals surface area contributed by atoms with E-state index in [1.54, 1.807) is 0 Å². The summed E-state index contributed by atoms with van der Waals surface area (Å²) in [4.78, 5) is 10.7. The minimum absolute atomic E-state index is 0.111. The number of fused-ring (bicyclic) bond motifs is 1. The molecule has 0 bridgehead atoms. The van der Waals surface area contributed by atoms with Crippen LogP contribution in [0.25, 0.3) is 0 Å². The summed E-state index contributed by atoms with van der Waals surface area (Å²) in [5, 5.41) is 16.1. The second-order valence-corrected chi connectivity index (χ2v) is 2.93. The Morgan fingerprint density at radius 2 is 2.46 bits per heavy atom. The maximum Gasteiger partial charge on any atom is 0.326 e. The van der Waals surface area contributed by atoms with Gasteiger partial charge in [-0.1, -0.05) is 0 Å². The van der Waals surface area contributed by atoms with E-state index in [9.17, 15) is 9.18 Å². The van der Waals surface area contributed by atoms with Crippen LogP contribution in [0.15, 0.2) is 0 Å². The molecule has 0 aliphatic carbocycles. The van der Waals surface area contributed by atoms with E-state index < -0.39 is 18.7 Å². The Kier molecular flexibility index (Phi) is 1.75. The van der Waals surface area contributed by atoms with Crippen LogP contribution in [0.5, 0.6) is 0 Å². The summed E-state index contributed by atoms with van der Waals surface area (Å²) in [5.41, 5.74) is 0. The van der Waals surface area contributed by atoms with E-state index >= 15 is 0 Å². The Labute approximate surface area is 73.2 Å². The number of hydrogen-bond acceptors (Lipinski definition) is 3. The van der Waals surface area contributed by atoms with Gasteiger partial charge in [-0.15, -0.1) is 10.2 Å². The fourth-order valence-electron chi connectivity index (χ4n) is 1.61. The minimum atomic E-state index is -0.951. The molecule has 0 aromatic carbocycles. The van der Waals surface area contributed by atoms with Gasteiger partial charge in [-0.3, -0.25) is 4.57 Å². The second-order valence-electron chi connectivity index (χ2n) is 2.93. The first-order chi connectivity index (χ1) is 6.24. The number of halogens is 1. The van der Waals surface area contributed by atoms with Crippen LogP contribution in [0.1, 0.15) is 24.1 Å². The number of carboxylic acid groups (broad SMARTS) is 1. The normalized spacial score (nSPS) is 20.2.